The molecule has 102 valence electrons. The SMILES string of the molecule is OCC1CCCCN1Cc1ncc(-c2cccs2)o1. The van der Waals surface area contributed by atoms with Gasteiger partial charge in [0.2, 0.25) is 5.89 Å². The first kappa shape index (κ1) is 12.8. The average molecular weight is 278 g/mol. The van der Waals surface area contributed by atoms with E-state index in [1.807, 2.05) is 17.5 Å². The summed E-state index contributed by atoms with van der Waals surface area (Å²) in [5.74, 6) is 1.58. The van der Waals surface area contributed by atoms with Crippen LogP contribution in [0, 0.1) is 0 Å². The van der Waals surface area contributed by atoms with Gasteiger partial charge in [0.05, 0.1) is 24.2 Å². The molecule has 0 aromatic carbocycles. The van der Waals surface area contributed by atoms with Crippen LogP contribution < -0.4 is 0 Å². The molecule has 1 aliphatic rings. The number of hydrogen-bond donors (Lipinski definition) is 1. The highest BCUT2D eigenvalue weighted by molar-refractivity contribution is 7.13. The summed E-state index contributed by atoms with van der Waals surface area (Å²) < 4.78 is 5.80. The number of aliphatic hydroxyl groups excluding tert-OH is 1. The van der Waals surface area contributed by atoms with E-state index in [0.29, 0.717) is 6.54 Å². The third-order valence-electron chi connectivity index (χ3n) is 3.62. The maximum atomic E-state index is 9.40. The summed E-state index contributed by atoms with van der Waals surface area (Å²) in [7, 11) is 0. The molecular weight excluding hydrogens is 260 g/mol. The molecule has 0 amide bonds. The molecule has 2 aromatic rings. The van der Waals surface area contributed by atoms with Crippen molar-refractivity contribution in [1.82, 2.24) is 9.88 Å². The van der Waals surface area contributed by atoms with Crippen molar-refractivity contribution in [2.75, 3.05) is 13.2 Å². The molecule has 19 heavy (non-hydrogen) atoms. The average Bonchev–Trinajstić information content (AvgIpc) is 3.09. The Morgan fingerprint density at radius 1 is 1.47 bits per heavy atom. The van der Waals surface area contributed by atoms with Crippen molar-refractivity contribution in [1.29, 1.82) is 0 Å². The van der Waals surface area contributed by atoms with E-state index in [1.165, 1.54) is 12.8 Å². The lowest BCUT2D eigenvalue weighted by Crippen LogP contribution is -2.41. The molecule has 1 atom stereocenters. The van der Waals surface area contributed by atoms with Crippen molar-refractivity contribution in [2.45, 2.75) is 31.8 Å². The van der Waals surface area contributed by atoms with Gasteiger partial charge in [0, 0.05) is 6.04 Å². The second kappa shape index (κ2) is 5.86. The number of oxazole rings is 1. The molecule has 3 heterocycles. The third-order valence-corrected chi connectivity index (χ3v) is 4.50. The van der Waals surface area contributed by atoms with Gasteiger partial charge in [-0.2, -0.15) is 0 Å². The lowest BCUT2D eigenvalue weighted by Gasteiger charge is -2.33. The van der Waals surface area contributed by atoms with Gasteiger partial charge >= 0.3 is 0 Å². The summed E-state index contributed by atoms with van der Waals surface area (Å²) in [5.41, 5.74) is 0. The molecule has 0 aliphatic carbocycles. The number of aliphatic hydroxyl groups is 1. The van der Waals surface area contributed by atoms with Gasteiger partial charge in [-0.25, -0.2) is 4.98 Å². The lowest BCUT2D eigenvalue weighted by atomic mass is 10.0. The van der Waals surface area contributed by atoms with Crippen LogP contribution in [-0.4, -0.2) is 34.2 Å². The largest absolute Gasteiger partial charge is 0.438 e. The summed E-state index contributed by atoms with van der Waals surface area (Å²) >= 11 is 1.65. The second-order valence-corrected chi connectivity index (χ2v) is 5.85. The molecule has 0 spiro atoms. The van der Waals surface area contributed by atoms with Crippen LogP contribution in [0.1, 0.15) is 25.2 Å². The molecule has 5 heteroatoms. The van der Waals surface area contributed by atoms with Crippen LogP contribution in [0.5, 0.6) is 0 Å². The van der Waals surface area contributed by atoms with Gasteiger partial charge in [-0.05, 0) is 30.8 Å². The zero-order chi connectivity index (χ0) is 13.1. The highest BCUT2D eigenvalue weighted by atomic mass is 32.1. The fourth-order valence-corrected chi connectivity index (χ4v) is 3.24. The number of likely N-dealkylation sites (tertiary alicyclic amines) is 1. The van der Waals surface area contributed by atoms with Crippen LogP contribution in [0.2, 0.25) is 0 Å². The number of piperidine rings is 1. The molecule has 1 aliphatic heterocycles. The zero-order valence-corrected chi connectivity index (χ0v) is 11.6. The minimum Gasteiger partial charge on any atom is -0.438 e. The minimum absolute atomic E-state index is 0.221. The Morgan fingerprint density at radius 2 is 2.42 bits per heavy atom. The summed E-state index contributed by atoms with van der Waals surface area (Å²) in [5, 5.41) is 11.4. The predicted molar refractivity (Wildman–Crippen MR) is 75.0 cm³/mol. The monoisotopic (exact) mass is 278 g/mol. The number of aromatic nitrogens is 1. The van der Waals surface area contributed by atoms with Crippen molar-refractivity contribution < 1.29 is 9.52 Å². The van der Waals surface area contributed by atoms with E-state index in [-0.39, 0.29) is 12.6 Å². The molecule has 1 N–H and O–H groups in total. The fourth-order valence-electron chi connectivity index (χ4n) is 2.56. The van der Waals surface area contributed by atoms with E-state index in [0.717, 1.165) is 29.5 Å². The molecule has 4 nitrogen and oxygen atoms in total. The van der Waals surface area contributed by atoms with Crippen LogP contribution >= 0.6 is 11.3 Å². The molecule has 1 fully saturated rings. The Kier molecular flexibility index (Phi) is 3.96. The van der Waals surface area contributed by atoms with Crippen molar-refractivity contribution in [3.63, 3.8) is 0 Å². The number of thiophene rings is 1. The van der Waals surface area contributed by atoms with Crippen LogP contribution in [0.3, 0.4) is 0 Å². The summed E-state index contributed by atoms with van der Waals surface area (Å²) in [6, 6.07) is 4.30. The van der Waals surface area contributed by atoms with E-state index in [9.17, 15) is 5.11 Å². The van der Waals surface area contributed by atoms with Crippen molar-refractivity contribution in [3.8, 4) is 10.6 Å². The summed E-state index contributed by atoms with van der Waals surface area (Å²) in [6.07, 6.45) is 5.25. The van der Waals surface area contributed by atoms with Gasteiger partial charge in [0.25, 0.3) is 0 Å². The van der Waals surface area contributed by atoms with E-state index in [4.69, 9.17) is 4.42 Å². The normalized spacial score (nSPS) is 20.8. The van der Waals surface area contributed by atoms with Gasteiger partial charge < -0.3 is 9.52 Å². The first-order valence-electron chi connectivity index (χ1n) is 6.70. The van der Waals surface area contributed by atoms with Gasteiger partial charge in [0.1, 0.15) is 0 Å². The van der Waals surface area contributed by atoms with Gasteiger partial charge in [-0.1, -0.05) is 12.5 Å². The van der Waals surface area contributed by atoms with Gasteiger partial charge in [-0.15, -0.1) is 11.3 Å². The number of rotatable bonds is 4. The minimum atomic E-state index is 0.221. The molecule has 1 unspecified atom stereocenters. The van der Waals surface area contributed by atoms with E-state index < -0.39 is 0 Å². The maximum absolute atomic E-state index is 9.40. The van der Waals surface area contributed by atoms with E-state index >= 15 is 0 Å². The highest BCUT2D eigenvalue weighted by Crippen LogP contribution is 2.26. The van der Waals surface area contributed by atoms with E-state index in [2.05, 4.69) is 9.88 Å². The molecule has 0 radical (unpaired) electrons. The Bertz CT molecular complexity index is 509. The van der Waals surface area contributed by atoms with Crippen molar-refractivity contribution >= 4 is 11.3 Å². The molecule has 1 saturated heterocycles. The van der Waals surface area contributed by atoms with Crippen LogP contribution in [-0.2, 0) is 6.54 Å². The standard InChI is InChI=1S/C14H18N2O2S/c17-10-11-4-1-2-6-16(11)9-14-15-8-12(18-14)13-5-3-7-19-13/h3,5,7-8,11,17H,1-2,4,6,9-10H2. The molecule has 0 bridgehead atoms. The molecular formula is C14H18N2O2S. The smallest absolute Gasteiger partial charge is 0.209 e. The molecule has 2 aromatic heterocycles. The first-order chi connectivity index (χ1) is 9.36. The topological polar surface area (TPSA) is 49.5 Å². The van der Waals surface area contributed by atoms with E-state index in [1.54, 1.807) is 17.5 Å². The summed E-state index contributed by atoms with van der Waals surface area (Å²) in [6.45, 7) is 1.93. The lowest BCUT2D eigenvalue weighted by molar-refractivity contribution is 0.0770. The predicted octanol–water partition coefficient (Wildman–Crippen LogP) is 2.75. The Labute approximate surface area is 116 Å². The van der Waals surface area contributed by atoms with Crippen LogP contribution in [0.15, 0.2) is 28.1 Å². The number of nitrogens with zero attached hydrogens (tertiary/aromatic N) is 2. The fraction of sp³-hybridized carbons (Fsp3) is 0.500. The second-order valence-electron chi connectivity index (χ2n) is 4.90. The Hall–Kier alpha value is -1.17. The molecule has 3 rings (SSSR count). The zero-order valence-electron chi connectivity index (χ0n) is 10.8. The van der Waals surface area contributed by atoms with Gasteiger partial charge in [0.15, 0.2) is 5.76 Å². The van der Waals surface area contributed by atoms with Crippen LogP contribution in [0.4, 0.5) is 0 Å². The van der Waals surface area contributed by atoms with Crippen molar-refractivity contribution in [2.24, 2.45) is 0 Å². The first-order valence-corrected chi connectivity index (χ1v) is 7.58. The third kappa shape index (κ3) is 2.88. The van der Waals surface area contributed by atoms with Crippen molar-refractivity contribution in [3.05, 3.63) is 29.6 Å². The number of hydrogen-bond acceptors (Lipinski definition) is 5. The van der Waals surface area contributed by atoms with Crippen LogP contribution in [0.25, 0.3) is 10.6 Å². The highest BCUT2D eigenvalue weighted by Gasteiger charge is 2.23. The Morgan fingerprint density at radius 3 is 3.21 bits per heavy atom. The molecule has 0 saturated carbocycles. The Balaban J connectivity index is 1.69. The van der Waals surface area contributed by atoms with Gasteiger partial charge in [-0.3, -0.25) is 4.90 Å². The quantitative estimate of drug-likeness (QED) is 0.934. The summed E-state index contributed by atoms with van der Waals surface area (Å²) in [4.78, 5) is 7.73. The maximum Gasteiger partial charge on any atom is 0.209 e.